The van der Waals surface area contributed by atoms with Crippen LogP contribution >= 0.6 is 24.0 Å². The number of ether oxygens (including phenoxy) is 2. The smallest absolute Gasteiger partial charge is 0.193 e. The Kier molecular flexibility index (Phi) is 10.4. The van der Waals surface area contributed by atoms with Crippen molar-refractivity contribution in [2.75, 3.05) is 40.6 Å². The lowest BCUT2D eigenvalue weighted by Crippen LogP contribution is -2.42. The van der Waals surface area contributed by atoms with Gasteiger partial charge in [-0.1, -0.05) is 0 Å². The van der Waals surface area contributed by atoms with Crippen LogP contribution in [0.1, 0.15) is 26.3 Å². The van der Waals surface area contributed by atoms with Gasteiger partial charge in [0.25, 0.3) is 0 Å². The van der Waals surface area contributed by atoms with Crippen LogP contribution in [0.3, 0.4) is 0 Å². The van der Waals surface area contributed by atoms with Gasteiger partial charge in [0.1, 0.15) is 11.5 Å². The number of sulfone groups is 1. The van der Waals surface area contributed by atoms with Crippen molar-refractivity contribution in [2.24, 2.45) is 4.99 Å². The van der Waals surface area contributed by atoms with Gasteiger partial charge in [-0.05, 0) is 32.9 Å². The van der Waals surface area contributed by atoms with Gasteiger partial charge in [-0.15, -0.1) is 24.0 Å². The maximum Gasteiger partial charge on any atom is 0.193 e. The first-order valence-corrected chi connectivity index (χ1v) is 10.1. The minimum Gasteiger partial charge on any atom is -0.497 e. The van der Waals surface area contributed by atoms with E-state index in [1.807, 2.05) is 30.1 Å². The molecule has 0 saturated heterocycles. The topological polar surface area (TPSA) is 80.2 Å². The third kappa shape index (κ3) is 7.36. The minimum atomic E-state index is -3.17. The molecule has 156 valence electrons. The van der Waals surface area contributed by atoms with Gasteiger partial charge < -0.3 is 19.7 Å². The van der Waals surface area contributed by atoms with Crippen LogP contribution in [0.25, 0.3) is 0 Å². The van der Waals surface area contributed by atoms with Crippen LogP contribution in [0, 0.1) is 0 Å². The molecule has 1 rings (SSSR count). The summed E-state index contributed by atoms with van der Waals surface area (Å²) >= 11 is 0. The second kappa shape index (κ2) is 10.9. The summed E-state index contributed by atoms with van der Waals surface area (Å²) in [5.41, 5.74) is 0.973. The van der Waals surface area contributed by atoms with Crippen molar-refractivity contribution in [2.45, 2.75) is 32.1 Å². The Morgan fingerprint density at radius 2 is 1.85 bits per heavy atom. The third-order valence-electron chi connectivity index (χ3n) is 4.06. The highest BCUT2D eigenvalue weighted by Crippen LogP contribution is 2.25. The third-order valence-corrected chi connectivity index (χ3v) is 6.67. The van der Waals surface area contributed by atoms with Gasteiger partial charge in [-0.25, -0.2) is 8.42 Å². The number of benzene rings is 1. The lowest BCUT2D eigenvalue weighted by molar-refractivity contribution is 0.382. The Balaban J connectivity index is 0.00000676. The molecule has 1 N–H and O–H groups in total. The minimum absolute atomic E-state index is 0. The zero-order valence-corrected chi connectivity index (χ0v) is 20.3. The van der Waals surface area contributed by atoms with Crippen molar-refractivity contribution in [3.63, 3.8) is 0 Å². The van der Waals surface area contributed by atoms with Crippen molar-refractivity contribution in [3.8, 4) is 11.5 Å². The number of rotatable bonds is 7. The van der Waals surface area contributed by atoms with Crippen LogP contribution in [0.15, 0.2) is 23.2 Å². The van der Waals surface area contributed by atoms with Gasteiger partial charge in [0.15, 0.2) is 15.8 Å². The van der Waals surface area contributed by atoms with E-state index in [1.54, 1.807) is 42.0 Å². The number of nitrogens with zero attached hydrogens (tertiary/aromatic N) is 2. The fraction of sp³-hybridized carbons (Fsp3) is 0.611. The van der Waals surface area contributed by atoms with Gasteiger partial charge in [0.05, 0.1) is 24.7 Å². The van der Waals surface area contributed by atoms with E-state index in [9.17, 15) is 8.42 Å². The molecule has 0 saturated carbocycles. The molecule has 0 aliphatic rings. The molecule has 7 nitrogen and oxygen atoms in total. The maximum atomic E-state index is 12.2. The normalized spacial score (nSPS) is 12.2. The van der Waals surface area contributed by atoms with Crippen LogP contribution in [-0.2, 0) is 16.4 Å². The van der Waals surface area contributed by atoms with E-state index in [0.29, 0.717) is 19.0 Å². The molecule has 1 aromatic carbocycles. The number of nitrogens with one attached hydrogen (secondary N) is 1. The summed E-state index contributed by atoms with van der Waals surface area (Å²) < 4.78 is 34.3. The first-order valence-electron chi connectivity index (χ1n) is 8.40. The lowest BCUT2D eigenvalue weighted by atomic mass is 10.2. The number of guanidine groups is 1. The zero-order valence-electron chi connectivity index (χ0n) is 17.2. The SMILES string of the molecule is CN=C(NCCS(=O)(=O)C(C)(C)C)N(C)Cc1ccc(OC)cc1OC.I. The Morgan fingerprint density at radius 3 is 2.33 bits per heavy atom. The molecule has 0 bridgehead atoms. The predicted octanol–water partition coefficient (Wildman–Crippen LogP) is 2.54. The zero-order chi connectivity index (χ0) is 20.0. The van der Waals surface area contributed by atoms with Gasteiger partial charge >= 0.3 is 0 Å². The first-order chi connectivity index (χ1) is 12.1. The average Bonchev–Trinajstić information content (AvgIpc) is 2.57. The molecular weight excluding hydrogens is 481 g/mol. The number of halogens is 1. The van der Waals surface area contributed by atoms with Crippen LogP contribution in [-0.4, -0.2) is 64.6 Å². The van der Waals surface area contributed by atoms with E-state index in [1.165, 1.54) is 0 Å². The molecule has 1 aromatic rings. The van der Waals surface area contributed by atoms with Crippen molar-refractivity contribution in [3.05, 3.63) is 23.8 Å². The Hall–Kier alpha value is -1.23. The maximum absolute atomic E-state index is 12.2. The standard InChI is InChI=1S/C18H31N3O4S.HI/c1-18(2,3)26(22,23)11-10-20-17(19-4)21(5)13-14-8-9-15(24-6)12-16(14)25-7;/h8-9,12H,10-11,13H2,1-7H3,(H,19,20);1H. The van der Waals surface area contributed by atoms with Crippen LogP contribution in [0.5, 0.6) is 11.5 Å². The van der Waals surface area contributed by atoms with Crippen LogP contribution < -0.4 is 14.8 Å². The molecule has 0 fully saturated rings. The summed E-state index contributed by atoms with van der Waals surface area (Å²) in [6, 6.07) is 5.64. The highest BCUT2D eigenvalue weighted by molar-refractivity contribution is 14.0. The Labute approximate surface area is 180 Å². The predicted molar refractivity (Wildman–Crippen MR) is 121 cm³/mol. The van der Waals surface area contributed by atoms with Gasteiger partial charge in [-0.2, -0.15) is 0 Å². The fourth-order valence-corrected chi connectivity index (χ4v) is 3.28. The van der Waals surface area contributed by atoms with E-state index < -0.39 is 14.6 Å². The molecule has 0 amide bonds. The largest absolute Gasteiger partial charge is 0.497 e. The molecule has 0 heterocycles. The van der Waals surface area contributed by atoms with E-state index in [4.69, 9.17) is 9.47 Å². The Bertz CT molecular complexity index is 731. The summed E-state index contributed by atoms with van der Waals surface area (Å²) in [6.45, 7) is 5.98. The van der Waals surface area contributed by atoms with Crippen molar-refractivity contribution < 1.29 is 17.9 Å². The second-order valence-corrected chi connectivity index (χ2v) is 9.80. The number of hydrogen-bond donors (Lipinski definition) is 1. The van der Waals surface area contributed by atoms with Crippen molar-refractivity contribution in [1.82, 2.24) is 10.2 Å². The highest BCUT2D eigenvalue weighted by atomic mass is 127. The number of aliphatic imine (C=N–C) groups is 1. The highest BCUT2D eigenvalue weighted by Gasteiger charge is 2.28. The molecule has 27 heavy (non-hydrogen) atoms. The van der Waals surface area contributed by atoms with E-state index in [0.717, 1.165) is 17.1 Å². The van der Waals surface area contributed by atoms with Crippen molar-refractivity contribution >= 4 is 39.8 Å². The van der Waals surface area contributed by atoms with E-state index >= 15 is 0 Å². The summed E-state index contributed by atoms with van der Waals surface area (Å²) in [7, 11) is 3.60. The second-order valence-electron chi connectivity index (χ2n) is 6.94. The van der Waals surface area contributed by atoms with Crippen LogP contribution in [0.2, 0.25) is 0 Å². The Morgan fingerprint density at radius 1 is 1.22 bits per heavy atom. The van der Waals surface area contributed by atoms with E-state index in [2.05, 4.69) is 10.3 Å². The monoisotopic (exact) mass is 513 g/mol. The average molecular weight is 513 g/mol. The fourth-order valence-electron chi connectivity index (χ4n) is 2.30. The summed E-state index contributed by atoms with van der Waals surface area (Å²) in [4.78, 5) is 6.14. The molecular formula is C18H32IN3O4S. The molecule has 0 spiro atoms. The summed E-state index contributed by atoms with van der Waals surface area (Å²) in [6.07, 6.45) is 0. The lowest BCUT2D eigenvalue weighted by Gasteiger charge is -2.24. The molecule has 0 aliphatic carbocycles. The van der Waals surface area contributed by atoms with Gasteiger partial charge in [-0.3, -0.25) is 4.99 Å². The van der Waals surface area contributed by atoms with E-state index in [-0.39, 0.29) is 29.7 Å². The van der Waals surface area contributed by atoms with Crippen LogP contribution in [0.4, 0.5) is 0 Å². The van der Waals surface area contributed by atoms with Gasteiger partial charge in [0, 0.05) is 38.8 Å². The summed E-state index contributed by atoms with van der Waals surface area (Å²) in [5.74, 6) is 2.12. The van der Waals surface area contributed by atoms with Crippen molar-refractivity contribution in [1.29, 1.82) is 0 Å². The molecule has 0 unspecified atom stereocenters. The number of methoxy groups -OCH3 is 2. The molecule has 0 aromatic heterocycles. The number of hydrogen-bond acceptors (Lipinski definition) is 5. The molecule has 0 radical (unpaired) electrons. The van der Waals surface area contributed by atoms with Gasteiger partial charge in [0.2, 0.25) is 0 Å². The summed E-state index contributed by atoms with van der Waals surface area (Å²) in [5, 5.41) is 3.11. The molecule has 0 atom stereocenters. The molecule has 0 aliphatic heterocycles. The quantitative estimate of drug-likeness (QED) is 0.343. The first kappa shape index (κ1) is 25.8. The molecule has 9 heteroatoms.